The summed E-state index contributed by atoms with van der Waals surface area (Å²) in [5.74, 6) is 1.98. The zero-order valence-corrected chi connectivity index (χ0v) is 27.7. The van der Waals surface area contributed by atoms with E-state index < -0.39 is 0 Å². The van der Waals surface area contributed by atoms with Crippen LogP contribution in [-0.4, -0.2) is 134 Å². The molecule has 3 saturated heterocycles. The molecule has 0 saturated carbocycles. The second-order valence-corrected chi connectivity index (χ2v) is 12.7. The lowest BCUT2D eigenvalue weighted by atomic mass is 10.0. The van der Waals surface area contributed by atoms with Gasteiger partial charge in [-0.2, -0.15) is 15.0 Å². The van der Waals surface area contributed by atoms with Gasteiger partial charge in [0.15, 0.2) is 5.82 Å². The third-order valence-electron chi connectivity index (χ3n) is 9.18. The van der Waals surface area contributed by atoms with Crippen molar-refractivity contribution in [3.8, 4) is 11.4 Å². The molecule has 0 unspecified atom stereocenters. The summed E-state index contributed by atoms with van der Waals surface area (Å²) in [6.45, 7) is 8.02. The Morgan fingerprint density at radius 2 is 1.34 bits per heavy atom. The van der Waals surface area contributed by atoms with E-state index in [0.29, 0.717) is 53.9 Å². The highest BCUT2D eigenvalue weighted by Crippen LogP contribution is 2.25. The van der Waals surface area contributed by atoms with Crippen molar-refractivity contribution in [2.75, 3.05) is 107 Å². The van der Waals surface area contributed by atoms with Gasteiger partial charge in [-0.15, -0.1) is 0 Å². The quantitative estimate of drug-likeness (QED) is 0.397. The summed E-state index contributed by atoms with van der Waals surface area (Å²) in [6, 6.07) is 14.7. The SMILES string of the molecule is CN1CCCN(c2nc(-c3ccc(NC(=O)Nc4ccc(C(=O)N5CCC(N(C)C)CC5)cc4)cc3)nc(N3CCOCC3)n2)CC1. The van der Waals surface area contributed by atoms with E-state index in [9.17, 15) is 9.59 Å². The maximum absolute atomic E-state index is 13.0. The van der Waals surface area contributed by atoms with E-state index in [4.69, 9.17) is 19.7 Å². The van der Waals surface area contributed by atoms with Gasteiger partial charge in [-0.3, -0.25) is 4.79 Å². The zero-order chi connectivity index (χ0) is 32.8. The lowest BCUT2D eigenvalue weighted by molar-refractivity contribution is 0.0663. The van der Waals surface area contributed by atoms with Gasteiger partial charge in [-0.25, -0.2) is 4.79 Å². The van der Waals surface area contributed by atoms with Gasteiger partial charge in [0.2, 0.25) is 11.9 Å². The fourth-order valence-electron chi connectivity index (χ4n) is 6.24. The molecule has 3 amide bonds. The molecule has 1 aromatic heterocycles. The Balaban J connectivity index is 1.09. The van der Waals surface area contributed by atoms with E-state index in [0.717, 1.165) is 77.2 Å². The van der Waals surface area contributed by atoms with Gasteiger partial charge in [-0.1, -0.05) is 0 Å². The van der Waals surface area contributed by atoms with Crippen LogP contribution in [0.25, 0.3) is 11.4 Å². The maximum Gasteiger partial charge on any atom is 0.323 e. The number of nitrogens with one attached hydrogen (secondary N) is 2. The van der Waals surface area contributed by atoms with Crippen LogP contribution in [-0.2, 0) is 4.74 Å². The highest BCUT2D eigenvalue weighted by atomic mass is 16.5. The third kappa shape index (κ3) is 8.34. The van der Waals surface area contributed by atoms with E-state index in [-0.39, 0.29) is 11.9 Å². The van der Waals surface area contributed by atoms with Crippen LogP contribution in [0.1, 0.15) is 29.6 Å². The monoisotopic (exact) mass is 642 g/mol. The van der Waals surface area contributed by atoms with Gasteiger partial charge in [0.25, 0.3) is 5.91 Å². The Morgan fingerprint density at radius 1 is 0.745 bits per heavy atom. The summed E-state index contributed by atoms with van der Waals surface area (Å²) in [4.78, 5) is 51.3. The summed E-state index contributed by atoms with van der Waals surface area (Å²) in [7, 11) is 6.32. The number of ether oxygens (including phenoxy) is 1. The molecule has 0 spiro atoms. The molecular weight excluding hydrogens is 596 g/mol. The second kappa shape index (κ2) is 15.1. The van der Waals surface area contributed by atoms with Gasteiger partial charge >= 0.3 is 6.03 Å². The van der Waals surface area contributed by atoms with Crippen LogP contribution in [0.3, 0.4) is 0 Å². The number of benzene rings is 2. The van der Waals surface area contributed by atoms with Crippen molar-refractivity contribution in [1.82, 2.24) is 29.7 Å². The van der Waals surface area contributed by atoms with Crippen LogP contribution in [0, 0.1) is 0 Å². The smallest absolute Gasteiger partial charge is 0.323 e. The van der Waals surface area contributed by atoms with Crippen molar-refractivity contribution >= 4 is 35.2 Å². The minimum atomic E-state index is -0.370. The van der Waals surface area contributed by atoms with E-state index in [2.05, 4.69) is 51.4 Å². The van der Waals surface area contributed by atoms with Crippen molar-refractivity contribution < 1.29 is 14.3 Å². The number of urea groups is 1. The molecule has 2 aromatic carbocycles. The molecule has 6 rings (SSSR count). The van der Waals surface area contributed by atoms with Crippen LogP contribution in [0.5, 0.6) is 0 Å². The largest absolute Gasteiger partial charge is 0.378 e. The van der Waals surface area contributed by atoms with Crippen LogP contribution in [0.15, 0.2) is 48.5 Å². The third-order valence-corrected chi connectivity index (χ3v) is 9.18. The molecule has 13 heteroatoms. The number of aromatic nitrogens is 3. The number of hydrogen-bond donors (Lipinski definition) is 2. The number of hydrogen-bond acceptors (Lipinski definition) is 10. The number of likely N-dealkylation sites (N-methyl/N-ethyl adjacent to an activating group) is 1. The average molecular weight is 643 g/mol. The summed E-state index contributed by atoms with van der Waals surface area (Å²) in [5, 5.41) is 5.75. The van der Waals surface area contributed by atoms with Crippen molar-refractivity contribution in [1.29, 1.82) is 0 Å². The van der Waals surface area contributed by atoms with E-state index in [1.807, 2.05) is 29.2 Å². The molecule has 0 aliphatic carbocycles. The lowest BCUT2D eigenvalue weighted by Gasteiger charge is -2.35. The number of nitrogens with zero attached hydrogens (tertiary/aromatic N) is 8. The van der Waals surface area contributed by atoms with E-state index in [1.165, 1.54) is 0 Å². The highest BCUT2D eigenvalue weighted by molar-refractivity contribution is 6.00. The van der Waals surface area contributed by atoms with Crippen molar-refractivity contribution in [2.45, 2.75) is 25.3 Å². The fraction of sp³-hybridized carbons (Fsp3) is 0.500. The van der Waals surface area contributed by atoms with Crippen molar-refractivity contribution in [2.24, 2.45) is 0 Å². The second-order valence-electron chi connectivity index (χ2n) is 12.7. The Kier molecular flexibility index (Phi) is 10.4. The van der Waals surface area contributed by atoms with E-state index >= 15 is 0 Å². The number of likely N-dealkylation sites (tertiary alicyclic amines) is 1. The number of piperidine rings is 1. The van der Waals surface area contributed by atoms with Gasteiger partial charge < -0.3 is 39.9 Å². The first-order valence-electron chi connectivity index (χ1n) is 16.6. The Hall–Kier alpha value is -4.33. The number of morpholine rings is 1. The summed E-state index contributed by atoms with van der Waals surface area (Å²) < 4.78 is 5.55. The van der Waals surface area contributed by atoms with Crippen molar-refractivity contribution in [3.05, 3.63) is 54.1 Å². The lowest BCUT2D eigenvalue weighted by Crippen LogP contribution is -2.44. The standard InChI is InChI=1S/C34H46N10O3/c1-40(2)29-13-17-42(18-14-29)31(45)26-7-11-28(12-8-26)36-34(46)35-27-9-5-25(6-10-27)30-37-32(43-16-4-15-41(3)19-20-43)39-33(38-30)44-21-23-47-24-22-44/h5-12,29H,4,13-24H2,1-3H3,(H2,35,36,46). The first-order chi connectivity index (χ1) is 22.8. The van der Waals surface area contributed by atoms with Gasteiger partial charge in [-0.05, 0) is 95.5 Å². The molecule has 2 N–H and O–H groups in total. The Morgan fingerprint density at radius 3 is 1.96 bits per heavy atom. The topological polar surface area (TPSA) is 122 Å². The van der Waals surface area contributed by atoms with Gasteiger partial charge in [0.1, 0.15) is 0 Å². The molecule has 0 bridgehead atoms. The molecule has 3 aromatic rings. The Bertz CT molecular complexity index is 1500. The molecule has 3 aliphatic rings. The van der Waals surface area contributed by atoms with Crippen LogP contribution >= 0.6 is 0 Å². The molecule has 47 heavy (non-hydrogen) atoms. The predicted molar refractivity (Wildman–Crippen MR) is 184 cm³/mol. The maximum atomic E-state index is 13.0. The summed E-state index contributed by atoms with van der Waals surface area (Å²) >= 11 is 0. The van der Waals surface area contributed by atoms with Crippen LogP contribution < -0.4 is 20.4 Å². The van der Waals surface area contributed by atoms with E-state index in [1.54, 1.807) is 24.3 Å². The molecule has 250 valence electrons. The van der Waals surface area contributed by atoms with Crippen molar-refractivity contribution in [3.63, 3.8) is 0 Å². The normalized spacial score (nSPS) is 18.3. The molecule has 3 aliphatic heterocycles. The number of anilines is 4. The number of rotatable bonds is 7. The number of carbonyl (C=O) groups is 2. The summed E-state index contributed by atoms with van der Waals surface area (Å²) in [5.41, 5.74) is 2.70. The van der Waals surface area contributed by atoms with Crippen LogP contribution in [0.2, 0.25) is 0 Å². The average Bonchev–Trinajstić information content (AvgIpc) is 3.33. The highest BCUT2D eigenvalue weighted by Gasteiger charge is 2.25. The number of amides is 3. The molecular formula is C34H46N10O3. The Labute approximate surface area is 276 Å². The zero-order valence-electron chi connectivity index (χ0n) is 27.7. The summed E-state index contributed by atoms with van der Waals surface area (Å²) in [6.07, 6.45) is 3.00. The fourth-order valence-corrected chi connectivity index (χ4v) is 6.24. The molecule has 0 atom stereocenters. The molecule has 3 fully saturated rings. The first-order valence-corrected chi connectivity index (χ1v) is 16.6. The minimum Gasteiger partial charge on any atom is -0.378 e. The molecule has 0 radical (unpaired) electrons. The predicted octanol–water partition coefficient (Wildman–Crippen LogP) is 3.33. The molecule has 13 nitrogen and oxygen atoms in total. The first kappa shape index (κ1) is 32.6. The minimum absolute atomic E-state index is 0.0275. The number of carbonyl (C=O) groups excluding carboxylic acids is 2. The van der Waals surface area contributed by atoms with Gasteiger partial charge in [0.05, 0.1) is 13.2 Å². The molecule has 4 heterocycles. The van der Waals surface area contributed by atoms with Gasteiger partial charge in [0, 0.05) is 74.4 Å². The van der Waals surface area contributed by atoms with Crippen LogP contribution in [0.4, 0.5) is 28.1 Å².